The molecule has 3 unspecified atom stereocenters. The molecule has 3 atom stereocenters. The maximum atomic E-state index is 12.9. The molecular formula is C47H86N2O6P+. The second-order valence-corrected chi connectivity index (χ2v) is 17.5. The molecule has 8 nitrogen and oxygen atoms in total. The SMILES string of the molecule is CC/C=C\C/C=C\C/C=C\CCCCCCCCCC(=O)NC(COP(=O)(O)OCC[N+](C)(C)C)C(O)/C=C/CC/C=C/CC/C=C/CCCCCCCCC. The van der Waals surface area contributed by atoms with Gasteiger partial charge in [0.05, 0.1) is 39.9 Å². The zero-order valence-corrected chi connectivity index (χ0v) is 37.5. The normalized spacial score (nSPS) is 15.1. The molecule has 0 saturated heterocycles. The van der Waals surface area contributed by atoms with Gasteiger partial charge in [0.15, 0.2) is 0 Å². The quantitative estimate of drug-likeness (QED) is 0.0247. The molecule has 1 amide bonds. The van der Waals surface area contributed by atoms with Gasteiger partial charge in [-0.25, -0.2) is 4.57 Å². The Hall–Kier alpha value is -2.06. The second kappa shape index (κ2) is 38.5. The van der Waals surface area contributed by atoms with Gasteiger partial charge in [-0.2, -0.15) is 0 Å². The molecule has 0 saturated carbocycles. The van der Waals surface area contributed by atoms with Gasteiger partial charge in [-0.15, -0.1) is 0 Å². The summed E-state index contributed by atoms with van der Waals surface area (Å²) in [6, 6.07) is -0.877. The van der Waals surface area contributed by atoms with E-state index in [0.717, 1.165) is 77.0 Å². The number of carbonyl (C=O) groups is 1. The Bertz CT molecular complexity index is 1140. The first-order valence-electron chi connectivity index (χ1n) is 22.3. The highest BCUT2D eigenvalue weighted by Gasteiger charge is 2.27. The number of aliphatic hydroxyl groups excluding tert-OH is 1. The molecular weight excluding hydrogens is 719 g/mol. The minimum atomic E-state index is -4.36. The van der Waals surface area contributed by atoms with Gasteiger partial charge in [0, 0.05) is 6.42 Å². The predicted octanol–water partition coefficient (Wildman–Crippen LogP) is 12.4. The van der Waals surface area contributed by atoms with E-state index in [-0.39, 0.29) is 19.1 Å². The van der Waals surface area contributed by atoms with Gasteiger partial charge in [-0.3, -0.25) is 13.8 Å². The smallest absolute Gasteiger partial charge is 0.387 e. The van der Waals surface area contributed by atoms with Gasteiger partial charge in [0.25, 0.3) is 0 Å². The van der Waals surface area contributed by atoms with E-state index >= 15 is 0 Å². The van der Waals surface area contributed by atoms with E-state index in [4.69, 9.17) is 9.05 Å². The Morgan fingerprint density at radius 1 is 0.625 bits per heavy atom. The third-order valence-corrected chi connectivity index (χ3v) is 10.4. The number of nitrogens with zero attached hydrogens (tertiary/aromatic N) is 1. The van der Waals surface area contributed by atoms with Crippen LogP contribution in [-0.2, 0) is 18.4 Å². The fourth-order valence-corrected chi connectivity index (χ4v) is 6.59. The highest BCUT2D eigenvalue weighted by molar-refractivity contribution is 7.47. The molecule has 0 heterocycles. The number of rotatable bonds is 39. The monoisotopic (exact) mass is 806 g/mol. The molecule has 0 aromatic carbocycles. The molecule has 324 valence electrons. The Labute approximate surface area is 344 Å². The molecule has 0 spiro atoms. The minimum Gasteiger partial charge on any atom is -0.387 e. The topological polar surface area (TPSA) is 105 Å². The van der Waals surface area contributed by atoms with Crippen LogP contribution in [0, 0.1) is 0 Å². The molecule has 0 aliphatic heterocycles. The maximum Gasteiger partial charge on any atom is 0.472 e. The number of phosphoric acid groups is 1. The highest BCUT2D eigenvalue weighted by Crippen LogP contribution is 2.43. The number of likely N-dealkylation sites (N-methyl/N-ethyl adjacent to an activating group) is 1. The van der Waals surface area contributed by atoms with Crippen LogP contribution in [0.25, 0.3) is 0 Å². The molecule has 0 fully saturated rings. The standard InChI is InChI=1S/C47H85N2O6P/c1-6-8-10-12-14-16-18-20-22-24-26-28-30-32-34-36-38-40-46(50)45(44-55-56(52,53)54-43-42-49(3,4)5)48-47(51)41-39-37-35-33-31-29-27-25-23-21-19-17-15-13-11-9-7-2/h9,11,15,17,21-24,30,32,38,40,45-46,50H,6-8,10,12-14,16,18-20,25-29,31,33-37,39,41-44H2,1-5H3,(H-,48,51,52,53)/p+1/b11-9-,17-15-,23-21-,24-22+,32-30+,40-38+. The van der Waals surface area contributed by atoms with Crippen LogP contribution in [0.2, 0.25) is 0 Å². The van der Waals surface area contributed by atoms with Crippen LogP contribution in [0.15, 0.2) is 72.9 Å². The summed E-state index contributed by atoms with van der Waals surface area (Å²) in [4.78, 5) is 23.1. The summed E-state index contributed by atoms with van der Waals surface area (Å²) >= 11 is 0. The zero-order chi connectivity index (χ0) is 41.4. The second-order valence-electron chi connectivity index (χ2n) is 16.0. The highest BCUT2D eigenvalue weighted by atomic mass is 31.2. The number of carbonyl (C=O) groups excluding carboxylic acids is 1. The Morgan fingerprint density at radius 3 is 1.64 bits per heavy atom. The summed E-state index contributed by atoms with van der Waals surface area (Å²) in [5, 5.41) is 13.8. The molecule has 0 aliphatic carbocycles. The summed E-state index contributed by atoms with van der Waals surface area (Å²) in [6.07, 6.45) is 51.1. The van der Waals surface area contributed by atoms with Crippen LogP contribution in [0.5, 0.6) is 0 Å². The lowest BCUT2D eigenvalue weighted by molar-refractivity contribution is -0.870. The number of amides is 1. The fourth-order valence-electron chi connectivity index (χ4n) is 5.85. The first kappa shape index (κ1) is 53.9. The van der Waals surface area contributed by atoms with Gasteiger partial charge >= 0.3 is 7.82 Å². The van der Waals surface area contributed by atoms with Crippen LogP contribution < -0.4 is 5.32 Å². The number of quaternary nitrogens is 1. The fraction of sp³-hybridized carbons (Fsp3) is 0.723. The van der Waals surface area contributed by atoms with E-state index in [1.54, 1.807) is 6.08 Å². The van der Waals surface area contributed by atoms with Crippen molar-refractivity contribution in [3.05, 3.63) is 72.9 Å². The van der Waals surface area contributed by atoms with Crippen LogP contribution in [0.3, 0.4) is 0 Å². The Balaban J connectivity index is 4.53. The first-order chi connectivity index (χ1) is 27.0. The van der Waals surface area contributed by atoms with Crippen molar-refractivity contribution in [1.29, 1.82) is 0 Å². The van der Waals surface area contributed by atoms with Crippen LogP contribution >= 0.6 is 7.82 Å². The number of nitrogens with one attached hydrogen (secondary N) is 1. The third kappa shape index (κ3) is 40.1. The number of allylic oxidation sites excluding steroid dienone is 11. The van der Waals surface area contributed by atoms with Gasteiger partial charge < -0.3 is 19.8 Å². The van der Waals surface area contributed by atoms with Crippen molar-refractivity contribution < 1.29 is 32.9 Å². The molecule has 9 heteroatoms. The maximum absolute atomic E-state index is 12.9. The van der Waals surface area contributed by atoms with Crippen molar-refractivity contribution in [3.63, 3.8) is 0 Å². The van der Waals surface area contributed by atoms with Gasteiger partial charge in [0.2, 0.25) is 5.91 Å². The van der Waals surface area contributed by atoms with Crippen molar-refractivity contribution in [2.45, 2.75) is 180 Å². The lowest BCUT2D eigenvalue weighted by atomic mass is 10.1. The van der Waals surface area contributed by atoms with Crippen LogP contribution in [0.1, 0.15) is 168 Å². The van der Waals surface area contributed by atoms with E-state index in [1.165, 1.54) is 70.6 Å². The molecule has 0 radical (unpaired) electrons. The zero-order valence-electron chi connectivity index (χ0n) is 36.6. The van der Waals surface area contributed by atoms with Crippen molar-refractivity contribution in [2.24, 2.45) is 0 Å². The number of hydrogen-bond acceptors (Lipinski definition) is 5. The third-order valence-electron chi connectivity index (χ3n) is 9.39. The average molecular weight is 806 g/mol. The van der Waals surface area contributed by atoms with E-state index in [9.17, 15) is 19.4 Å². The lowest BCUT2D eigenvalue weighted by Gasteiger charge is -2.25. The minimum absolute atomic E-state index is 0.0479. The van der Waals surface area contributed by atoms with Gasteiger partial charge in [-0.05, 0) is 77.0 Å². The Morgan fingerprint density at radius 2 is 1.09 bits per heavy atom. The van der Waals surface area contributed by atoms with Crippen LogP contribution in [0.4, 0.5) is 0 Å². The Kier molecular flexibility index (Phi) is 37.0. The molecule has 0 aromatic rings. The number of hydrogen-bond donors (Lipinski definition) is 3. The van der Waals surface area contributed by atoms with E-state index in [0.29, 0.717) is 17.4 Å². The first-order valence-corrected chi connectivity index (χ1v) is 23.8. The average Bonchev–Trinajstić information content (AvgIpc) is 3.15. The summed E-state index contributed by atoms with van der Waals surface area (Å²) in [7, 11) is 1.53. The van der Waals surface area contributed by atoms with Crippen molar-refractivity contribution in [3.8, 4) is 0 Å². The molecule has 0 aromatic heterocycles. The lowest BCUT2D eigenvalue weighted by Crippen LogP contribution is -2.45. The molecule has 56 heavy (non-hydrogen) atoms. The number of phosphoric ester groups is 1. The van der Waals surface area contributed by atoms with Gasteiger partial charge in [-0.1, -0.05) is 157 Å². The van der Waals surface area contributed by atoms with Crippen molar-refractivity contribution >= 4 is 13.7 Å². The van der Waals surface area contributed by atoms with Crippen LogP contribution in [-0.4, -0.2) is 73.4 Å². The summed E-state index contributed by atoms with van der Waals surface area (Å²) in [5.74, 6) is -0.205. The van der Waals surface area contributed by atoms with Crippen molar-refractivity contribution in [2.75, 3.05) is 40.9 Å². The van der Waals surface area contributed by atoms with E-state index in [2.05, 4.69) is 79.9 Å². The summed E-state index contributed by atoms with van der Waals surface area (Å²) in [5.41, 5.74) is 0. The summed E-state index contributed by atoms with van der Waals surface area (Å²) in [6.45, 7) is 4.64. The molecule has 0 bridgehead atoms. The largest absolute Gasteiger partial charge is 0.472 e. The molecule has 0 aliphatic rings. The predicted molar refractivity (Wildman–Crippen MR) is 240 cm³/mol. The van der Waals surface area contributed by atoms with E-state index in [1.807, 2.05) is 27.2 Å². The molecule has 3 N–H and O–H groups in total. The molecule has 0 rings (SSSR count). The van der Waals surface area contributed by atoms with E-state index < -0.39 is 20.0 Å². The van der Waals surface area contributed by atoms with Crippen molar-refractivity contribution in [1.82, 2.24) is 5.32 Å². The van der Waals surface area contributed by atoms with Gasteiger partial charge in [0.1, 0.15) is 13.2 Å². The number of unbranched alkanes of at least 4 members (excludes halogenated alkanes) is 16. The summed E-state index contributed by atoms with van der Waals surface area (Å²) < 4.78 is 23.5. The number of aliphatic hydroxyl groups is 1.